The molecule has 0 aliphatic rings. The first kappa shape index (κ1) is 17.2. The first-order valence-corrected chi connectivity index (χ1v) is 6.26. The van der Waals surface area contributed by atoms with Gasteiger partial charge in [-0.25, -0.2) is 0 Å². The van der Waals surface area contributed by atoms with Crippen molar-refractivity contribution < 1.29 is 27.8 Å². The van der Waals surface area contributed by atoms with E-state index in [1.165, 1.54) is 0 Å². The van der Waals surface area contributed by atoms with Crippen molar-refractivity contribution in [3.8, 4) is 0 Å². The Hall–Kier alpha value is -0.780. The van der Waals surface area contributed by atoms with Gasteiger partial charge in [0.2, 0.25) is 0 Å². The van der Waals surface area contributed by atoms with Gasteiger partial charge in [-0.15, -0.1) is 0 Å². The van der Waals surface area contributed by atoms with Crippen LogP contribution in [0.1, 0.15) is 45.4 Å². The highest BCUT2D eigenvalue weighted by atomic mass is 19.4. The van der Waals surface area contributed by atoms with Crippen molar-refractivity contribution in [2.24, 2.45) is 5.92 Å². The number of ether oxygens (including phenoxy) is 1. The third-order valence-corrected chi connectivity index (χ3v) is 2.62. The molecule has 0 saturated carbocycles. The minimum absolute atomic E-state index is 0.186. The van der Waals surface area contributed by atoms with Crippen molar-refractivity contribution in [2.75, 3.05) is 13.2 Å². The molecule has 0 aromatic heterocycles. The fourth-order valence-corrected chi connectivity index (χ4v) is 1.49. The lowest BCUT2D eigenvalue weighted by molar-refractivity contribution is -0.202. The Balaban J connectivity index is 3.60. The van der Waals surface area contributed by atoms with E-state index in [4.69, 9.17) is 9.84 Å². The van der Waals surface area contributed by atoms with E-state index in [2.05, 4.69) is 6.92 Å². The van der Waals surface area contributed by atoms with Crippen LogP contribution < -0.4 is 0 Å². The van der Waals surface area contributed by atoms with Crippen molar-refractivity contribution in [2.45, 2.75) is 51.6 Å². The molecule has 0 aliphatic heterocycles. The Morgan fingerprint density at radius 3 is 2.22 bits per heavy atom. The van der Waals surface area contributed by atoms with Gasteiger partial charge in [0, 0.05) is 6.61 Å². The molecule has 0 aromatic rings. The van der Waals surface area contributed by atoms with E-state index in [1.54, 1.807) is 0 Å². The minimum atomic E-state index is -4.74. The number of unbranched alkanes of at least 4 members (excludes halogenated alkanes) is 5. The number of carboxylic acids is 1. The Labute approximate surface area is 105 Å². The summed E-state index contributed by atoms with van der Waals surface area (Å²) in [6.45, 7) is 1.49. The quantitative estimate of drug-likeness (QED) is 0.617. The second-order valence-corrected chi connectivity index (χ2v) is 4.28. The van der Waals surface area contributed by atoms with Crippen molar-refractivity contribution in [3.05, 3.63) is 0 Å². The summed E-state index contributed by atoms with van der Waals surface area (Å²) in [5.41, 5.74) is 0. The predicted molar refractivity (Wildman–Crippen MR) is 61.4 cm³/mol. The Morgan fingerprint density at radius 1 is 1.17 bits per heavy atom. The summed E-state index contributed by atoms with van der Waals surface area (Å²) in [4.78, 5) is 10.4. The molecule has 0 rings (SSSR count). The molecule has 108 valence electrons. The molecule has 1 atom stereocenters. The molecule has 3 nitrogen and oxygen atoms in total. The maximum Gasteiger partial charge on any atom is 0.404 e. The molecule has 6 heteroatoms. The van der Waals surface area contributed by atoms with Gasteiger partial charge in [0.05, 0.1) is 6.61 Å². The number of halogens is 3. The van der Waals surface area contributed by atoms with E-state index in [1.807, 2.05) is 0 Å². The molecular formula is C12H21F3O3. The van der Waals surface area contributed by atoms with Gasteiger partial charge in [0.1, 0.15) is 0 Å². The van der Waals surface area contributed by atoms with Crippen LogP contribution in [0.3, 0.4) is 0 Å². The molecule has 0 bridgehead atoms. The van der Waals surface area contributed by atoms with Crippen molar-refractivity contribution in [3.63, 3.8) is 0 Å². The van der Waals surface area contributed by atoms with E-state index >= 15 is 0 Å². The topological polar surface area (TPSA) is 46.5 Å². The molecule has 0 heterocycles. The Kier molecular flexibility index (Phi) is 8.79. The van der Waals surface area contributed by atoms with Crippen LogP contribution in [0, 0.1) is 5.92 Å². The SMILES string of the molecule is CCCCCCCCOCC(C(=O)O)C(F)(F)F. The van der Waals surface area contributed by atoms with Crippen LogP contribution in [0.5, 0.6) is 0 Å². The van der Waals surface area contributed by atoms with E-state index in [-0.39, 0.29) is 6.61 Å². The van der Waals surface area contributed by atoms with E-state index in [0.717, 1.165) is 32.1 Å². The summed E-state index contributed by atoms with van der Waals surface area (Å²) in [5, 5.41) is 8.41. The summed E-state index contributed by atoms with van der Waals surface area (Å²) >= 11 is 0. The second kappa shape index (κ2) is 9.19. The maximum absolute atomic E-state index is 12.2. The molecule has 0 aromatic carbocycles. The largest absolute Gasteiger partial charge is 0.481 e. The molecule has 1 N–H and O–H groups in total. The molecule has 0 radical (unpaired) electrons. The van der Waals surface area contributed by atoms with Gasteiger partial charge in [-0.3, -0.25) is 4.79 Å². The molecule has 0 saturated heterocycles. The standard InChI is InChI=1S/C12H21F3O3/c1-2-3-4-5-6-7-8-18-9-10(11(16)17)12(13,14)15/h10H,2-9H2,1H3,(H,16,17). The molecule has 0 aliphatic carbocycles. The highest BCUT2D eigenvalue weighted by Crippen LogP contribution is 2.26. The number of rotatable bonds is 10. The van der Waals surface area contributed by atoms with Gasteiger partial charge in [-0.1, -0.05) is 39.0 Å². The number of alkyl halides is 3. The van der Waals surface area contributed by atoms with Crippen LogP contribution in [0.4, 0.5) is 13.2 Å². The smallest absolute Gasteiger partial charge is 0.404 e. The van der Waals surface area contributed by atoms with Crippen LogP contribution >= 0.6 is 0 Å². The summed E-state index contributed by atoms with van der Waals surface area (Å²) in [5.74, 6) is -4.30. The summed E-state index contributed by atoms with van der Waals surface area (Å²) in [7, 11) is 0. The third-order valence-electron chi connectivity index (χ3n) is 2.62. The van der Waals surface area contributed by atoms with Gasteiger partial charge in [0.15, 0.2) is 5.92 Å². The zero-order valence-corrected chi connectivity index (χ0v) is 10.6. The van der Waals surface area contributed by atoms with Crippen LogP contribution in [-0.2, 0) is 9.53 Å². The maximum atomic E-state index is 12.2. The molecular weight excluding hydrogens is 249 g/mol. The summed E-state index contributed by atoms with van der Waals surface area (Å²) < 4.78 is 41.5. The van der Waals surface area contributed by atoms with Crippen molar-refractivity contribution >= 4 is 5.97 Å². The van der Waals surface area contributed by atoms with Crippen LogP contribution in [-0.4, -0.2) is 30.5 Å². The fourth-order valence-electron chi connectivity index (χ4n) is 1.49. The molecule has 0 fully saturated rings. The van der Waals surface area contributed by atoms with E-state index in [0.29, 0.717) is 6.42 Å². The predicted octanol–water partition coefficient (Wildman–Crippen LogP) is 3.63. The Bertz CT molecular complexity index is 229. The average molecular weight is 270 g/mol. The van der Waals surface area contributed by atoms with Crippen molar-refractivity contribution in [1.29, 1.82) is 0 Å². The van der Waals surface area contributed by atoms with E-state index in [9.17, 15) is 18.0 Å². The molecule has 18 heavy (non-hydrogen) atoms. The van der Waals surface area contributed by atoms with Crippen LogP contribution in [0.15, 0.2) is 0 Å². The number of hydrogen-bond acceptors (Lipinski definition) is 2. The van der Waals surface area contributed by atoms with Gasteiger partial charge < -0.3 is 9.84 Å². The monoisotopic (exact) mass is 270 g/mol. The molecule has 1 unspecified atom stereocenters. The second-order valence-electron chi connectivity index (χ2n) is 4.28. The number of carbonyl (C=O) groups is 1. The number of hydrogen-bond donors (Lipinski definition) is 1. The lowest BCUT2D eigenvalue weighted by Gasteiger charge is -2.15. The normalized spacial score (nSPS) is 13.6. The summed E-state index contributed by atoms with van der Waals surface area (Å²) in [6.07, 6.45) is 1.30. The lowest BCUT2D eigenvalue weighted by atomic mass is 10.1. The van der Waals surface area contributed by atoms with E-state index < -0.39 is 24.7 Å². The minimum Gasteiger partial charge on any atom is -0.481 e. The highest BCUT2D eigenvalue weighted by Gasteiger charge is 2.45. The Morgan fingerprint density at radius 2 is 1.72 bits per heavy atom. The molecule has 0 amide bonds. The summed E-state index contributed by atoms with van der Waals surface area (Å²) in [6, 6.07) is 0. The highest BCUT2D eigenvalue weighted by molar-refractivity contribution is 5.71. The lowest BCUT2D eigenvalue weighted by Crippen LogP contribution is -2.34. The zero-order valence-electron chi connectivity index (χ0n) is 10.6. The fraction of sp³-hybridized carbons (Fsp3) is 0.917. The van der Waals surface area contributed by atoms with Gasteiger partial charge >= 0.3 is 12.1 Å². The van der Waals surface area contributed by atoms with Crippen LogP contribution in [0.2, 0.25) is 0 Å². The first-order valence-electron chi connectivity index (χ1n) is 6.26. The van der Waals surface area contributed by atoms with Crippen molar-refractivity contribution in [1.82, 2.24) is 0 Å². The number of aliphatic carboxylic acids is 1. The zero-order chi connectivity index (χ0) is 14.0. The first-order chi connectivity index (χ1) is 8.39. The van der Waals surface area contributed by atoms with Gasteiger partial charge in [-0.05, 0) is 6.42 Å². The van der Waals surface area contributed by atoms with Crippen LogP contribution in [0.25, 0.3) is 0 Å². The number of carboxylic acid groups (broad SMARTS) is 1. The average Bonchev–Trinajstić information content (AvgIpc) is 2.24. The van der Waals surface area contributed by atoms with Gasteiger partial charge in [0.25, 0.3) is 0 Å². The van der Waals surface area contributed by atoms with Gasteiger partial charge in [-0.2, -0.15) is 13.2 Å². The molecule has 0 spiro atoms. The third kappa shape index (κ3) is 8.33.